The number of hydrogen-bond donors (Lipinski definition) is 1. The van der Waals surface area contributed by atoms with Crippen molar-refractivity contribution in [3.63, 3.8) is 0 Å². The van der Waals surface area contributed by atoms with Crippen LogP contribution in [-0.2, 0) is 25.9 Å². The summed E-state index contributed by atoms with van der Waals surface area (Å²) in [5.74, 6) is 2.41. The first-order chi connectivity index (χ1) is 13.6. The Labute approximate surface area is 169 Å². The van der Waals surface area contributed by atoms with Crippen molar-refractivity contribution in [1.29, 1.82) is 0 Å². The average Bonchev–Trinajstić information content (AvgIpc) is 3.04. The van der Waals surface area contributed by atoms with Crippen LogP contribution in [0.15, 0.2) is 47.9 Å². The highest BCUT2D eigenvalue weighted by Crippen LogP contribution is 2.30. The highest BCUT2D eigenvalue weighted by Gasteiger charge is 2.14. The van der Waals surface area contributed by atoms with Gasteiger partial charge in [-0.25, -0.2) is 0 Å². The van der Waals surface area contributed by atoms with E-state index in [0.717, 1.165) is 22.3 Å². The largest absolute Gasteiger partial charge is 0.504 e. The number of rotatable bonds is 9. The molecular formula is C20H25N5O2S. The van der Waals surface area contributed by atoms with Crippen LogP contribution in [0.2, 0.25) is 0 Å². The van der Waals surface area contributed by atoms with Crippen LogP contribution >= 0.6 is 11.8 Å². The molecule has 8 heteroatoms. The van der Waals surface area contributed by atoms with Crippen molar-refractivity contribution in [3.8, 4) is 11.5 Å². The van der Waals surface area contributed by atoms with Gasteiger partial charge in [-0.2, -0.15) is 0 Å². The number of hydrogen-bond acceptors (Lipinski definition) is 7. The van der Waals surface area contributed by atoms with Crippen molar-refractivity contribution in [2.75, 3.05) is 13.7 Å². The van der Waals surface area contributed by atoms with E-state index in [1.807, 2.05) is 49.9 Å². The first kappa shape index (κ1) is 20.2. The lowest BCUT2D eigenvalue weighted by molar-refractivity contribution is 0.290. The van der Waals surface area contributed by atoms with Crippen molar-refractivity contribution in [1.82, 2.24) is 24.6 Å². The van der Waals surface area contributed by atoms with E-state index in [0.29, 0.717) is 25.4 Å². The molecule has 3 aromatic rings. The van der Waals surface area contributed by atoms with Crippen LogP contribution in [0, 0.1) is 0 Å². The van der Waals surface area contributed by atoms with Gasteiger partial charge in [0.25, 0.3) is 0 Å². The van der Waals surface area contributed by atoms with Gasteiger partial charge in [0.15, 0.2) is 16.7 Å². The number of thioether (sulfide) groups is 1. The van der Waals surface area contributed by atoms with E-state index in [1.165, 1.54) is 5.56 Å². The zero-order valence-corrected chi connectivity index (χ0v) is 17.2. The van der Waals surface area contributed by atoms with Crippen molar-refractivity contribution < 1.29 is 9.84 Å². The fourth-order valence-corrected chi connectivity index (χ4v) is 3.68. The number of phenols is 1. The minimum atomic E-state index is 0.197. The lowest BCUT2D eigenvalue weighted by Gasteiger charge is -2.18. The normalized spacial score (nSPS) is 11.1. The van der Waals surface area contributed by atoms with E-state index < -0.39 is 0 Å². The monoisotopic (exact) mass is 399 g/mol. The molecule has 28 heavy (non-hydrogen) atoms. The molecule has 0 atom stereocenters. The molecule has 3 rings (SSSR count). The summed E-state index contributed by atoms with van der Waals surface area (Å²) >= 11 is 1.65. The molecule has 0 bridgehead atoms. The molecule has 0 radical (unpaired) electrons. The predicted molar refractivity (Wildman–Crippen MR) is 109 cm³/mol. The molecule has 0 saturated carbocycles. The third-order valence-electron chi connectivity index (χ3n) is 4.28. The maximum atomic E-state index is 10.4. The van der Waals surface area contributed by atoms with Crippen LogP contribution in [-0.4, -0.2) is 43.4 Å². The first-order valence-corrected chi connectivity index (χ1v) is 10.1. The fourth-order valence-electron chi connectivity index (χ4n) is 2.79. The van der Waals surface area contributed by atoms with Crippen LogP contribution in [0.25, 0.3) is 0 Å². The molecule has 0 saturated heterocycles. The number of aromatic nitrogens is 4. The Hall–Kier alpha value is -2.58. The Balaban J connectivity index is 1.61. The molecule has 0 spiro atoms. The van der Waals surface area contributed by atoms with E-state index in [4.69, 9.17) is 4.74 Å². The molecule has 0 fully saturated rings. The Kier molecular flexibility index (Phi) is 6.89. The Bertz CT molecular complexity index is 901. The van der Waals surface area contributed by atoms with Gasteiger partial charge in [-0.05, 0) is 37.7 Å². The summed E-state index contributed by atoms with van der Waals surface area (Å²) in [6.45, 7) is 3.62. The fraction of sp³-hybridized carbons (Fsp3) is 0.350. The highest BCUT2D eigenvalue weighted by molar-refractivity contribution is 7.98. The van der Waals surface area contributed by atoms with E-state index in [1.54, 1.807) is 30.2 Å². The molecule has 148 valence electrons. The van der Waals surface area contributed by atoms with Gasteiger partial charge in [-0.1, -0.05) is 23.9 Å². The molecule has 7 nitrogen and oxygen atoms in total. The zero-order chi connectivity index (χ0) is 19.9. The maximum Gasteiger partial charge on any atom is 0.191 e. The second-order valence-electron chi connectivity index (χ2n) is 6.47. The SMILES string of the molecule is CCOc1cccc(CN(C)Cc2nnc(SCc3ccncc3)n2C)c1O. The highest BCUT2D eigenvalue weighted by atomic mass is 32.2. The van der Waals surface area contributed by atoms with Crippen molar-refractivity contribution in [3.05, 3.63) is 59.7 Å². The number of para-hydroxylation sites is 1. The van der Waals surface area contributed by atoms with Crippen LogP contribution in [0.4, 0.5) is 0 Å². The zero-order valence-electron chi connectivity index (χ0n) is 16.4. The van der Waals surface area contributed by atoms with E-state index in [9.17, 15) is 5.11 Å². The lowest BCUT2D eigenvalue weighted by Crippen LogP contribution is -2.19. The summed E-state index contributed by atoms with van der Waals surface area (Å²) in [4.78, 5) is 6.13. The molecular weight excluding hydrogens is 374 g/mol. The van der Waals surface area contributed by atoms with Crippen molar-refractivity contribution in [2.24, 2.45) is 7.05 Å². The molecule has 0 aliphatic heterocycles. The maximum absolute atomic E-state index is 10.4. The minimum Gasteiger partial charge on any atom is -0.504 e. The van der Waals surface area contributed by atoms with Crippen LogP contribution < -0.4 is 4.74 Å². The Morgan fingerprint density at radius 3 is 2.68 bits per heavy atom. The summed E-state index contributed by atoms with van der Waals surface area (Å²) in [6.07, 6.45) is 3.59. The number of ether oxygens (including phenoxy) is 1. The standard InChI is InChI=1S/C20H25N5O2S/c1-4-27-17-7-5-6-16(19(17)26)12-24(2)13-18-22-23-20(25(18)3)28-14-15-8-10-21-11-9-15/h5-11,26H,4,12-14H2,1-3H3. The predicted octanol–water partition coefficient (Wildman–Crippen LogP) is 3.24. The van der Waals surface area contributed by atoms with Crippen LogP contribution in [0.5, 0.6) is 11.5 Å². The topological polar surface area (TPSA) is 76.3 Å². The quantitative estimate of drug-likeness (QED) is 0.554. The summed E-state index contributed by atoms with van der Waals surface area (Å²) in [5, 5.41) is 19.9. The molecule has 1 aromatic carbocycles. The van der Waals surface area contributed by atoms with E-state index in [2.05, 4.69) is 20.1 Å². The van der Waals surface area contributed by atoms with Gasteiger partial charge in [-0.15, -0.1) is 10.2 Å². The molecule has 0 amide bonds. The number of phenolic OH excluding ortho intramolecular Hbond substituents is 1. The van der Waals surface area contributed by atoms with E-state index >= 15 is 0 Å². The van der Waals surface area contributed by atoms with Crippen LogP contribution in [0.3, 0.4) is 0 Å². The second kappa shape index (κ2) is 9.57. The summed E-state index contributed by atoms with van der Waals surface area (Å²) in [5.41, 5.74) is 2.02. The van der Waals surface area contributed by atoms with Crippen LogP contribution in [0.1, 0.15) is 23.9 Å². The van der Waals surface area contributed by atoms with Gasteiger partial charge in [0.05, 0.1) is 13.2 Å². The average molecular weight is 400 g/mol. The third-order valence-corrected chi connectivity index (χ3v) is 5.37. The summed E-state index contributed by atoms with van der Waals surface area (Å²) in [7, 11) is 3.97. The lowest BCUT2D eigenvalue weighted by atomic mass is 10.1. The third kappa shape index (κ3) is 5.02. The number of nitrogens with zero attached hydrogens (tertiary/aromatic N) is 5. The second-order valence-corrected chi connectivity index (χ2v) is 7.41. The van der Waals surface area contributed by atoms with Crippen molar-refractivity contribution in [2.45, 2.75) is 30.9 Å². The van der Waals surface area contributed by atoms with Gasteiger partial charge in [0, 0.05) is 37.3 Å². The Morgan fingerprint density at radius 2 is 1.93 bits per heavy atom. The van der Waals surface area contributed by atoms with E-state index in [-0.39, 0.29) is 5.75 Å². The summed E-state index contributed by atoms with van der Waals surface area (Å²) < 4.78 is 7.47. The summed E-state index contributed by atoms with van der Waals surface area (Å²) in [6, 6.07) is 9.57. The van der Waals surface area contributed by atoms with Gasteiger partial charge in [0.1, 0.15) is 5.82 Å². The van der Waals surface area contributed by atoms with Gasteiger partial charge in [0.2, 0.25) is 0 Å². The molecule has 1 N–H and O–H groups in total. The van der Waals surface area contributed by atoms with Gasteiger partial charge < -0.3 is 14.4 Å². The smallest absolute Gasteiger partial charge is 0.191 e. The van der Waals surface area contributed by atoms with Crippen molar-refractivity contribution >= 4 is 11.8 Å². The minimum absolute atomic E-state index is 0.197. The molecule has 0 aliphatic carbocycles. The first-order valence-electron chi connectivity index (χ1n) is 9.10. The Morgan fingerprint density at radius 1 is 1.14 bits per heavy atom. The molecule has 2 heterocycles. The number of benzene rings is 1. The molecule has 0 unspecified atom stereocenters. The van der Waals surface area contributed by atoms with Gasteiger partial charge in [-0.3, -0.25) is 9.88 Å². The molecule has 2 aromatic heterocycles. The number of aromatic hydroxyl groups is 1. The van der Waals surface area contributed by atoms with Gasteiger partial charge >= 0.3 is 0 Å². The molecule has 0 aliphatic rings. The number of pyridine rings is 1.